The SMILES string of the molecule is NC(=O)c1ccc2c(ccn2-c2ccc(NC3CCN(CCc4ccccc4)CC3)cn2)c1. The van der Waals surface area contributed by atoms with Crippen molar-refractivity contribution in [2.24, 2.45) is 5.73 Å². The van der Waals surface area contributed by atoms with Gasteiger partial charge in [0.1, 0.15) is 5.82 Å². The Hall–Kier alpha value is -3.64. The maximum atomic E-state index is 11.4. The van der Waals surface area contributed by atoms with E-state index in [9.17, 15) is 4.79 Å². The molecule has 3 heterocycles. The number of benzene rings is 2. The molecule has 2 aromatic heterocycles. The van der Waals surface area contributed by atoms with Crippen LogP contribution in [0, 0.1) is 0 Å². The van der Waals surface area contributed by atoms with E-state index >= 15 is 0 Å². The Labute approximate surface area is 194 Å². The molecule has 4 aromatic rings. The van der Waals surface area contributed by atoms with Gasteiger partial charge in [0.25, 0.3) is 0 Å². The van der Waals surface area contributed by atoms with Gasteiger partial charge in [-0.1, -0.05) is 30.3 Å². The number of anilines is 1. The summed E-state index contributed by atoms with van der Waals surface area (Å²) >= 11 is 0. The molecule has 1 saturated heterocycles. The van der Waals surface area contributed by atoms with Crippen molar-refractivity contribution in [3.63, 3.8) is 0 Å². The minimum absolute atomic E-state index is 0.416. The van der Waals surface area contributed by atoms with Crippen LogP contribution in [0.2, 0.25) is 0 Å². The molecule has 0 atom stereocenters. The molecule has 0 spiro atoms. The average Bonchev–Trinajstić information content (AvgIpc) is 3.28. The van der Waals surface area contributed by atoms with Gasteiger partial charge < -0.3 is 20.5 Å². The van der Waals surface area contributed by atoms with E-state index in [-0.39, 0.29) is 0 Å². The number of carbonyl (C=O) groups is 1. The Kier molecular flexibility index (Phi) is 6.09. The first kappa shape index (κ1) is 21.2. The first-order valence-electron chi connectivity index (χ1n) is 11.6. The molecule has 1 fully saturated rings. The van der Waals surface area contributed by atoms with Gasteiger partial charge in [-0.25, -0.2) is 4.98 Å². The molecule has 168 valence electrons. The molecule has 1 aliphatic rings. The predicted molar refractivity (Wildman–Crippen MR) is 133 cm³/mol. The van der Waals surface area contributed by atoms with E-state index in [2.05, 4.69) is 51.6 Å². The number of nitrogens with one attached hydrogen (secondary N) is 1. The van der Waals surface area contributed by atoms with E-state index in [4.69, 9.17) is 5.73 Å². The lowest BCUT2D eigenvalue weighted by molar-refractivity contribution is 0.100. The highest BCUT2D eigenvalue weighted by Gasteiger charge is 2.19. The van der Waals surface area contributed by atoms with Crippen molar-refractivity contribution in [3.05, 3.63) is 90.3 Å². The van der Waals surface area contributed by atoms with E-state index in [1.807, 2.05) is 41.2 Å². The smallest absolute Gasteiger partial charge is 0.248 e. The van der Waals surface area contributed by atoms with Gasteiger partial charge in [0.05, 0.1) is 17.4 Å². The van der Waals surface area contributed by atoms with Crippen LogP contribution in [0.25, 0.3) is 16.7 Å². The molecular weight excluding hydrogens is 410 g/mol. The molecule has 33 heavy (non-hydrogen) atoms. The molecule has 6 nitrogen and oxygen atoms in total. The number of nitrogens with zero attached hydrogens (tertiary/aromatic N) is 3. The normalized spacial score (nSPS) is 15.0. The molecule has 0 aliphatic carbocycles. The van der Waals surface area contributed by atoms with E-state index in [0.717, 1.165) is 61.3 Å². The van der Waals surface area contributed by atoms with E-state index < -0.39 is 5.91 Å². The van der Waals surface area contributed by atoms with Crippen LogP contribution in [0.3, 0.4) is 0 Å². The third-order valence-corrected chi connectivity index (χ3v) is 6.49. The molecule has 0 bridgehead atoms. The molecule has 2 aromatic carbocycles. The molecule has 0 radical (unpaired) electrons. The van der Waals surface area contributed by atoms with Crippen LogP contribution in [-0.2, 0) is 6.42 Å². The molecule has 1 amide bonds. The minimum Gasteiger partial charge on any atom is -0.381 e. The number of rotatable bonds is 7. The summed E-state index contributed by atoms with van der Waals surface area (Å²) in [5.74, 6) is 0.429. The standard InChI is InChI=1S/C27H29N5O/c28-27(33)22-6-8-25-21(18-22)11-17-32(25)26-9-7-24(19-29-26)30-23-12-15-31(16-13-23)14-10-20-4-2-1-3-5-20/h1-9,11,17-19,23,30H,10,12-16H2,(H2,28,33). The highest BCUT2D eigenvalue weighted by Crippen LogP contribution is 2.22. The third-order valence-electron chi connectivity index (χ3n) is 6.49. The van der Waals surface area contributed by atoms with Gasteiger partial charge in [0.15, 0.2) is 0 Å². The van der Waals surface area contributed by atoms with Crippen molar-refractivity contribution < 1.29 is 4.79 Å². The average molecular weight is 440 g/mol. The van der Waals surface area contributed by atoms with Crippen molar-refractivity contribution in [1.29, 1.82) is 0 Å². The second-order valence-electron chi connectivity index (χ2n) is 8.72. The second-order valence-corrected chi connectivity index (χ2v) is 8.72. The minimum atomic E-state index is -0.416. The summed E-state index contributed by atoms with van der Waals surface area (Å²) in [6.07, 6.45) is 7.26. The maximum absolute atomic E-state index is 11.4. The van der Waals surface area contributed by atoms with Gasteiger partial charge in [-0.05, 0) is 61.2 Å². The summed E-state index contributed by atoms with van der Waals surface area (Å²) < 4.78 is 2.02. The van der Waals surface area contributed by atoms with Gasteiger partial charge >= 0.3 is 0 Å². The molecule has 1 aliphatic heterocycles. The van der Waals surface area contributed by atoms with Crippen LogP contribution in [-0.4, -0.2) is 46.0 Å². The Morgan fingerprint density at radius 2 is 1.85 bits per heavy atom. The van der Waals surface area contributed by atoms with Gasteiger partial charge in [-0.3, -0.25) is 4.79 Å². The number of pyridine rings is 1. The van der Waals surface area contributed by atoms with Gasteiger partial charge in [0, 0.05) is 42.8 Å². The van der Waals surface area contributed by atoms with Crippen LogP contribution >= 0.6 is 0 Å². The number of hydrogen-bond donors (Lipinski definition) is 2. The number of carbonyl (C=O) groups excluding carboxylic acids is 1. The summed E-state index contributed by atoms with van der Waals surface area (Å²) in [5.41, 5.74) is 9.36. The number of amides is 1. The summed E-state index contributed by atoms with van der Waals surface area (Å²) in [4.78, 5) is 18.7. The fourth-order valence-corrected chi connectivity index (χ4v) is 4.58. The first-order chi connectivity index (χ1) is 16.2. The van der Waals surface area contributed by atoms with Crippen molar-refractivity contribution in [3.8, 4) is 5.82 Å². The number of likely N-dealkylation sites (tertiary alicyclic amines) is 1. The fraction of sp³-hybridized carbons (Fsp3) is 0.259. The quantitative estimate of drug-likeness (QED) is 0.452. The van der Waals surface area contributed by atoms with E-state index in [0.29, 0.717) is 11.6 Å². The molecule has 0 saturated carbocycles. The van der Waals surface area contributed by atoms with E-state index in [1.54, 1.807) is 6.07 Å². The maximum Gasteiger partial charge on any atom is 0.248 e. The van der Waals surface area contributed by atoms with Gasteiger partial charge in [0.2, 0.25) is 5.91 Å². The lowest BCUT2D eigenvalue weighted by atomic mass is 10.0. The van der Waals surface area contributed by atoms with Crippen molar-refractivity contribution >= 4 is 22.5 Å². The van der Waals surface area contributed by atoms with Crippen molar-refractivity contribution in [2.45, 2.75) is 25.3 Å². The molecule has 6 heteroatoms. The van der Waals surface area contributed by atoms with Crippen LogP contribution in [0.5, 0.6) is 0 Å². The topological polar surface area (TPSA) is 76.2 Å². The van der Waals surface area contributed by atoms with Crippen LogP contribution in [0.15, 0.2) is 79.1 Å². The third kappa shape index (κ3) is 4.91. The molecule has 0 unspecified atom stereocenters. The highest BCUT2D eigenvalue weighted by molar-refractivity contribution is 5.97. The monoisotopic (exact) mass is 439 g/mol. The zero-order chi connectivity index (χ0) is 22.6. The largest absolute Gasteiger partial charge is 0.381 e. The predicted octanol–water partition coefficient (Wildman–Crippen LogP) is 4.24. The van der Waals surface area contributed by atoms with Crippen molar-refractivity contribution in [1.82, 2.24) is 14.5 Å². The fourth-order valence-electron chi connectivity index (χ4n) is 4.58. The lowest BCUT2D eigenvalue weighted by Crippen LogP contribution is -2.40. The number of piperidine rings is 1. The first-order valence-corrected chi connectivity index (χ1v) is 11.6. The van der Waals surface area contributed by atoms with Crippen LogP contribution < -0.4 is 11.1 Å². The number of primary amides is 1. The summed E-state index contributed by atoms with van der Waals surface area (Å²) in [5, 5.41) is 4.62. The van der Waals surface area contributed by atoms with Crippen LogP contribution in [0.1, 0.15) is 28.8 Å². The Morgan fingerprint density at radius 1 is 1.03 bits per heavy atom. The van der Waals surface area contributed by atoms with Gasteiger partial charge in [-0.2, -0.15) is 0 Å². The molecule has 3 N–H and O–H groups in total. The Bertz CT molecular complexity index is 1220. The van der Waals surface area contributed by atoms with E-state index in [1.165, 1.54) is 5.56 Å². The summed E-state index contributed by atoms with van der Waals surface area (Å²) in [6, 6.07) is 22.8. The second kappa shape index (κ2) is 9.46. The molecule has 5 rings (SSSR count). The molecular formula is C27H29N5O. The lowest BCUT2D eigenvalue weighted by Gasteiger charge is -2.32. The number of aromatic nitrogens is 2. The Balaban J connectivity index is 1.16. The summed E-state index contributed by atoms with van der Waals surface area (Å²) in [6.45, 7) is 3.37. The van der Waals surface area contributed by atoms with Crippen molar-refractivity contribution in [2.75, 3.05) is 25.0 Å². The van der Waals surface area contributed by atoms with Crippen LogP contribution in [0.4, 0.5) is 5.69 Å². The number of nitrogens with two attached hydrogens (primary N) is 1. The zero-order valence-corrected chi connectivity index (χ0v) is 18.7. The highest BCUT2D eigenvalue weighted by atomic mass is 16.1. The number of fused-ring (bicyclic) bond motifs is 1. The zero-order valence-electron chi connectivity index (χ0n) is 18.7. The summed E-state index contributed by atoms with van der Waals surface area (Å²) in [7, 11) is 0. The van der Waals surface area contributed by atoms with Gasteiger partial charge in [-0.15, -0.1) is 0 Å². The number of hydrogen-bond acceptors (Lipinski definition) is 4. The Morgan fingerprint density at radius 3 is 2.58 bits per heavy atom.